The first-order valence-corrected chi connectivity index (χ1v) is 5.22. The van der Waals surface area contributed by atoms with Gasteiger partial charge in [0.25, 0.3) is 0 Å². The molecule has 0 N–H and O–H groups in total. The summed E-state index contributed by atoms with van der Waals surface area (Å²) in [5.74, 6) is 0.814. The van der Waals surface area contributed by atoms with Crippen LogP contribution in [-0.4, -0.2) is 23.9 Å². The fraction of sp³-hybridized carbons (Fsp3) is 0.818. The lowest BCUT2D eigenvalue weighted by Gasteiger charge is -2.24. The largest absolute Gasteiger partial charge is 0.329 e. The van der Waals surface area contributed by atoms with Crippen LogP contribution in [0, 0.1) is 23.2 Å². The second kappa shape index (κ2) is 4.45. The average Bonchev–Trinajstić information content (AvgIpc) is 2.94. The van der Waals surface area contributed by atoms with Gasteiger partial charge >= 0.3 is 0 Å². The summed E-state index contributed by atoms with van der Waals surface area (Å²) in [5.41, 5.74) is 0. The van der Waals surface area contributed by atoms with E-state index >= 15 is 0 Å². The Kier molecular flexibility index (Phi) is 3.51. The molecule has 1 unspecified atom stereocenters. The van der Waals surface area contributed by atoms with Crippen LogP contribution in [0.15, 0.2) is 0 Å². The summed E-state index contributed by atoms with van der Waals surface area (Å²) in [6.07, 6.45) is 2.78. The smallest absolute Gasteiger partial charge is 0.226 e. The van der Waals surface area contributed by atoms with E-state index in [1.54, 1.807) is 11.9 Å². The number of amides is 1. The fourth-order valence-corrected chi connectivity index (χ4v) is 1.52. The molecular formula is C11H18N2O. The van der Waals surface area contributed by atoms with Crippen molar-refractivity contribution in [3.05, 3.63) is 0 Å². The molecule has 3 heteroatoms. The molecule has 1 amide bonds. The van der Waals surface area contributed by atoms with Gasteiger partial charge in [-0.25, -0.2) is 0 Å². The van der Waals surface area contributed by atoms with E-state index in [0.717, 1.165) is 19.3 Å². The molecule has 0 aromatic heterocycles. The second-order valence-electron chi connectivity index (χ2n) is 4.50. The highest BCUT2D eigenvalue weighted by Gasteiger charge is 2.34. The summed E-state index contributed by atoms with van der Waals surface area (Å²) in [5, 5.41) is 8.95. The van der Waals surface area contributed by atoms with Crippen molar-refractivity contribution in [3.63, 3.8) is 0 Å². The third-order valence-corrected chi connectivity index (χ3v) is 2.59. The molecule has 0 radical (unpaired) electrons. The van der Waals surface area contributed by atoms with E-state index in [4.69, 9.17) is 5.26 Å². The van der Waals surface area contributed by atoms with E-state index in [1.165, 1.54) is 0 Å². The number of nitrogens with zero attached hydrogens (tertiary/aromatic N) is 2. The molecule has 0 spiro atoms. The molecule has 0 bridgehead atoms. The molecule has 0 saturated heterocycles. The number of carbonyl (C=O) groups excluding carboxylic acids is 1. The van der Waals surface area contributed by atoms with Gasteiger partial charge in [0.1, 0.15) is 6.04 Å². The lowest BCUT2D eigenvalue weighted by molar-refractivity contribution is -0.132. The number of carbonyl (C=O) groups is 1. The minimum absolute atomic E-state index is 0.150. The van der Waals surface area contributed by atoms with Gasteiger partial charge in [-0.15, -0.1) is 0 Å². The molecule has 1 atom stereocenters. The Morgan fingerprint density at radius 3 is 2.50 bits per heavy atom. The van der Waals surface area contributed by atoms with Crippen LogP contribution in [-0.2, 0) is 4.79 Å². The first kappa shape index (κ1) is 11.0. The predicted molar refractivity (Wildman–Crippen MR) is 54.4 cm³/mol. The molecule has 14 heavy (non-hydrogen) atoms. The van der Waals surface area contributed by atoms with Crippen LogP contribution in [0.25, 0.3) is 0 Å². The van der Waals surface area contributed by atoms with Gasteiger partial charge in [-0.05, 0) is 25.2 Å². The highest BCUT2D eigenvalue weighted by atomic mass is 16.2. The maximum absolute atomic E-state index is 11.7. The van der Waals surface area contributed by atoms with Crippen LogP contribution in [0.1, 0.15) is 33.1 Å². The normalized spacial score (nSPS) is 17.6. The molecule has 1 rings (SSSR count). The van der Waals surface area contributed by atoms with Crippen molar-refractivity contribution >= 4 is 5.91 Å². The van der Waals surface area contributed by atoms with Crippen LogP contribution >= 0.6 is 0 Å². The van der Waals surface area contributed by atoms with Crippen molar-refractivity contribution < 1.29 is 4.79 Å². The van der Waals surface area contributed by atoms with Gasteiger partial charge in [-0.1, -0.05) is 13.8 Å². The SMILES string of the molecule is CC(C)CC(C#N)N(C)C(=O)C1CC1. The Bertz CT molecular complexity index is 251. The Balaban J connectivity index is 2.50. The van der Waals surface area contributed by atoms with Crippen molar-refractivity contribution in [1.82, 2.24) is 4.90 Å². The van der Waals surface area contributed by atoms with E-state index < -0.39 is 0 Å². The zero-order chi connectivity index (χ0) is 10.7. The first-order valence-electron chi connectivity index (χ1n) is 5.22. The molecule has 78 valence electrons. The van der Waals surface area contributed by atoms with E-state index in [1.807, 2.05) is 0 Å². The Labute approximate surface area is 85.7 Å². The lowest BCUT2D eigenvalue weighted by Crippen LogP contribution is -2.37. The third kappa shape index (κ3) is 2.73. The summed E-state index contributed by atoms with van der Waals surface area (Å²) in [6.45, 7) is 4.14. The van der Waals surface area contributed by atoms with E-state index in [9.17, 15) is 4.79 Å². The summed E-state index contributed by atoms with van der Waals surface area (Å²) in [4.78, 5) is 13.3. The van der Waals surface area contributed by atoms with Gasteiger partial charge in [-0.3, -0.25) is 4.79 Å². The van der Waals surface area contributed by atoms with Gasteiger partial charge < -0.3 is 4.90 Å². The van der Waals surface area contributed by atoms with Crippen molar-refractivity contribution in [1.29, 1.82) is 5.26 Å². The van der Waals surface area contributed by atoms with Gasteiger partial charge in [0.15, 0.2) is 0 Å². The number of nitriles is 1. The van der Waals surface area contributed by atoms with Crippen LogP contribution in [0.3, 0.4) is 0 Å². The Morgan fingerprint density at radius 1 is 1.57 bits per heavy atom. The van der Waals surface area contributed by atoms with E-state index in [2.05, 4.69) is 19.9 Å². The highest BCUT2D eigenvalue weighted by molar-refractivity contribution is 5.81. The van der Waals surface area contributed by atoms with Gasteiger partial charge in [-0.2, -0.15) is 5.26 Å². The summed E-state index contributed by atoms with van der Waals surface area (Å²) in [6, 6.07) is 1.95. The summed E-state index contributed by atoms with van der Waals surface area (Å²) in [7, 11) is 1.75. The summed E-state index contributed by atoms with van der Waals surface area (Å²) >= 11 is 0. The zero-order valence-corrected chi connectivity index (χ0v) is 9.16. The van der Waals surface area contributed by atoms with Gasteiger partial charge in [0.05, 0.1) is 6.07 Å². The predicted octanol–water partition coefficient (Wildman–Crippen LogP) is 1.79. The van der Waals surface area contributed by atoms with Crippen molar-refractivity contribution in [3.8, 4) is 6.07 Å². The minimum Gasteiger partial charge on any atom is -0.329 e. The van der Waals surface area contributed by atoms with Crippen LogP contribution < -0.4 is 0 Å². The molecular weight excluding hydrogens is 176 g/mol. The first-order chi connectivity index (χ1) is 6.56. The Morgan fingerprint density at radius 2 is 2.14 bits per heavy atom. The maximum atomic E-state index is 11.7. The second-order valence-corrected chi connectivity index (χ2v) is 4.50. The standard InChI is InChI=1S/C11H18N2O/c1-8(2)6-10(7-12)13(3)11(14)9-4-5-9/h8-10H,4-6H2,1-3H3. The van der Waals surface area contributed by atoms with Crippen LogP contribution in [0.4, 0.5) is 0 Å². The molecule has 1 fully saturated rings. The average molecular weight is 194 g/mol. The molecule has 1 aliphatic rings. The molecule has 1 aliphatic carbocycles. The van der Waals surface area contributed by atoms with Crippen molar-refractivity contribution in [2.45, 2.75) is 39.2 Å². The molecule has 1 saturated carbocycles. The zero-order valence-electron chi connectivity index (χ0n) is 9.16. The topological polar surface area (TPSA) is 44.1 Å². The molecule has 0 aromatic carbocycles. The molecule has 3 nitrogen and oxygen atoms in total. The molecule has 0 heterocycles. The van der Waals surface area contributed by atoms with Crippen LogP contribution in [0.2, 0.25) is 0 Å². The third-order valence-electron chi connectivity index (χ3n) is 2.59. The van der Waals surface area contributed by atoms with Crippen molar-refractivity contribution in [2.75, 3.05) is 7.05 Å². The van der Waals surface area contributed by atoms with Gasteiger partial charge in [0, 0.05) is 13.0 Å². The number of hydrogen-bond donors (Lipinski definition) is 0. The fourth-order valence-electron chi connectivity index (χ4n) is 1.52. The number of rotatable bonds is 4. The Hall–Kier alpha value is -1.04. The van der Waals surface area contributed by atoms with Crippen LogP contribution in [0.5, 0.6) is 0 Å². The monoisotopic (exact) mass is 194 g/mol. The van der Waals surface area contributed by atoms with Crippen molar-refractivity contribution in [2.24, 2.45) is 11.8 Å². The van der Waals surface area contributed by atoms with Gasteiger partial charge in [0.2, 0.25) is 5.91 Å². The molecule has 0 aliphatic heterocycles. The maximum Gasteiger partial charge on any atom is 0.226 e. The number of hydrogen-bond acceptors (Lipinski definition) is 2. The van der Waals surface area contributed by atoms with E-state index in [-0.39, 0.29) is 17.9 Å². The lowest BCUT2D eigenvalue weighted by atomic mass is 10.0. The summed E-state index contributed by atoms with van der Waals surface area (Å²) < 4.78 is 0. The quantitative estimate of drug-likeness (QED) is 0.685. The van der Waals surface area contributed by atoms with E-state index in [0.29, 0.717) is 5.92 Å². The highest BCUT2D eigenvalue weighted by Crippen LogP contribution is 2.31. The molecule has 0 aromatic rings. The minimum atomic E-state index is -0.247.